The van der Waals surface area contributed by atoms with Crippen molar-refractivity contribution in [2.45, 2.75) is 45.3 Å². The zero-order chi connectivity index (χ0) is 24.5. The zero-order valence-corrected chi connectivity index (χ0v) is 20.3. The van der Waals surface area contributed by atoms with Gasteiger partial charge in [0.15, 0.2) is 6.61 Å². The molecule has 0 spiro atoms. The number of aryl methyl sites for hydroxylation is 2. The summed E-state index contributed by atoms with van der Waals surface area (Å²) in [6, 6.07) is 13.6. The summed E-state index contributed by atoms with van der Waals surface area (Å²) in [6.45, 7) is 6.70. The molecule has 34 heavy (non-hydrogen) atoms. The summed E-state index contributed by atoms with van der Waals surface area (Å²) in [4.78, 5) is 14.7. The lowest BCUT2D eigenvalue weighted by molar-refractivity contribution is -0.150. The van der Waals surface area contributed by atoms with Crippen LogP contribution < -0.4 is 9.47 Å². The topological polar surface area (TPSA) is 63.9 Å². The fourth-order valence-corrected chi connectivity index (χ4v) is 4.73. The third kappa shape index (κ3) is 5.20. The molecular formula is C27H33FN2O4. The van der Waals surface area contributed by atoms with E-state index in [0.29, 0.717) is 30.9 Å². The average molecular weight is 469 g/mol. The third-order valence-corrected chi connectivity index (χ3v) is 6.62. The summed E-state index contributed by atoms with van der Waals surface area (Å²) in [7, 11) is 2.02. The number of ether oxygens (including phenoxy) is 2. The van der Waals surface area contributed by atoms with Gasteiger partial charge in [-0.1, -0.05) is 13.8 Å². The van der Waals surface area contributed by atoms with E-state index in [4.69, 9.17) is 9.47 Å². The summed E-state index contributed by atoms with van der Waals surface area (Å²) in [5.74, 6) is 0.839. The second-order valence-electron chi connectivity index (χ2n) is 9.71. The van der Waals surface area contributed by atoms with E-state index in [-0.39, 0.29) is 30.8 Å². The molecule has 1 N–H and O–H groups in total. The Hall–Kier alpha value is -3.06. The Morgan fingerprint density at radius 2 is 1.88 bits per heavy atom. The van der Waals surface area contributed by atoms with Gasteiger partial charge in [-0.2, -0.15) is 0 Å². The van der Waals surface area contributed by atoms with Crippen molar-refractivity contribution in [2.24, 2.45) is 13.0 Å². The minimum atomic E-state index is -1.07. The van der Waals surface area contributed by atoms with Gasteiger partial charge in [-0.25, -0.2) is 4.39 Å². The molecule has 1 fully saturated rings. The average Bonchev–Trinajstić information content (AvgIpc) is 3.07. The minimum Gasteiger partial charge on any atom is -0.486 e. The van der Waals surface area contributed by atoms with E-state index in [1.54, 1.807) is 4.90 Å². The number of carbonyl (C=O) groups is 1. The number of rotatable bonds is 7. The fraction of sp³-hybridized carbons (Fsp3) is 0.444. The van der Waals surface area contributed by atoms with Gasteiger partial charge >= 0.3 is 0 Å². The van der Waals surface area contributed by atoms with Crippen molar-refractivity contribution in [3.8, 4) is 11.5 Å². The molecule has 3 aromatic rings. The first-order chi connectivity index (χ1) is 16.1. The van der Waals surface area contributed by atoms with Crippen molar-refractivity contribution < 1.29 is 23.8 Å². The SMILES string of the molecule is Cc1cc2cc(OCC(=O)N3CC[C@@](O)(CC(C)C)[C@@H](Oc4ccc(F)cc4)C3)ccc2n1C. The number of likely N-dealkylation sites (tertiary alicyclic amines) is 1. The van der Waals surface area contributed by atoms with Gasteiger partial charge < -0.3 is 24.0 Å². The van der Waals surface area contributed by atoms with Crippen molar-refractivity contribution in [2.75, 3.05) is 19.7 Å². The third-order valence-electron chi connectivity index (χ3n) is 6.62. The molecule has 0 unspecified atom stereocenters. The molecule has 7 heteroatoms. The van der Waals surface area contributed by atoms with Crippen LogP contribution >= 0.6 is 0 Å². The smallest absolute Gasteiger partial charge is 0.260 e. The van der Waals surface area contributed by atoms with E-state index >= 15 is 0 Å². The Kier molecular flexibility index (Phi) is 6.84. The number of nitrogens with zero attached hydrogens (tertiary/aromatic N) is 2. The van der Waals surface area contributed by atoms with E-state index in [1.807, 2.05) is 46.0 Å². The predicted molar refractivity (Wildman–Crippen MR) is 130 cm³/mol. The molecule has 6 nitrogen and oxygen atoms in total. The maximum atomic E-state index is 13.3. The Labute approximate surface area is 199 Å². The first-order valence-electron chi connectivity index (χ1n) is 11.8. The number of carbonyl (C=O) groups excluding carboxylic acids is 1. The van der Waals surface area contributed by atoms with Gasteiger partial charge in [-0.15, -0.1) is 0 Å². The standard InChI is InChI=1S/C27H33FN2O4/c1-18(2)15-27(32)11-12-30(16-25(27)34-22-7-5-21(28)6-8-22)26(31)17-33-23-9-10-24-20(14-23)13-19(3)29(24)4/h5-10,13-14,18,25,32H,11-12,15-17H2,1-4H3/t25-,27+/m0/s1. The van der Waals surface area contributed by atoms with Crippen LogP contribution in [-0.4, -0.2) is 51.9 Å². The molecule has 0 bridgehead atoms. The normalized spacial score (nSPS) is 20.7. The molecule has 1 saturated heterocycles. The van der Waals surface area contributed by atoms with Crippen molar-refractivity contribution in [3.63, 3.8) is 0 Å². The number of hydrogen-bond donors (Lipinski definition) is 1. The van der Waals surface area contributed by atoms with Gasteiger partial charge in [0, 0.05) is 30.2 Å². The molecular weight excluding hydrogens is 435 g/mol. The van der Waals surface area contributed by atoms with Crippen LogP contribution in [0.3, 0.4) is 0 Å². The van der Waals surface area contributed by atoms with Gasteiger partial charge in [0.1, 0.15) is 29.0 Å². The van der Waals surface area contributed by atoms with Gasteiger partial charge in [0.05, 0.1) is 6.54 Å². The highest BCUT2D eigenvalue weighted by Crippen LogP contribution is 2.32. The Bertz CT molecular complexity index is 1160. The lowest BCUT2D eigenvalue weighted by atomic mass is 9.81. The molecule has 1 aromatic heterocycles. The number of halogens is 1. The van der Waals surface area contributed by atoms with Gasteiger partial charge in [-0.05, 0) is 74.2 Å². The van der Waals surface area contributed by atoms with Crippen molar-refractivity contribution in [1.29, 1.82) is 0 Å². The van der Waals surface area contributed by atoms with Crippen LogP contribution in [0, 0.1) is 18.7 Å². The highest BCUT2D eigenvalue weighted by molar-refractivity contribution is 5.83. The van der Waals surface area contributed by atoms with E-state index in [1.165, 1.54) is 24.3 Å². The zero-order valence-electron chi connectivity index (χ0n) is 20.3. The van der Waals surface area contributed by atoms with Gasteiger partial charge in [-0.3, -0.25) is 4.79 Å². The van der Waals surface area contributed by atoms with E-state index < -0.39 is 11.7 Å². The Balaban J connectivity index is 1.43. The van der Waals surface area contributed by atoms with Gasteiger partial charge in [0.25, 0.3) is 5.91 Å². The molecule has 2 atom stereocenters. The number of hydrogen-bond acceptors (Lipinski definition) is 4. The number of amides is 1. The fourth-order valence-electron chi connectivity index (χ4n) is 4.73. The number of aromatic nitrogens is 1. The lowest BCUT2D eigenvalue weighted by Gasteiger charge is -2.45. The second kappa shape index (κ2) is 9.66. The first kappa shape index (κ1) is 24.1. The summed E-state index contributed by atoms with van der Waals surface area (Å²) < 4.78 is 27.3. The van der Waals surface area contributed by atoms with Crippen LogP contribution in [0.1, 0.15) is 32.4 Å². The Morgan fingerprint density at radius 3 is 2.59 bits per heavy atom. The number of piperidine rings is 1. The predicted octanol–water partition coefficient (Wildman–Crippen LogP) is 4.46. The summed E-state index contributed by atoms with van der Waals surface area (Å²) in [6.07, 6.45) is 0.327. The van der Waals surface area contributed by atoms with Crippen LogP contribution in [0.15, 0.2) is 48.5 Å². The Morgan fingerprint density at radius 1 is 1.18 bits per heavy atom. The number of benzene rings is 2. The number of aliphatic hydroxyl groups is 1. The van der Waals surface area contributed by atoms with E-state index in [0.717, 1.165) is 16.6 Å². The highest BCUT2D eigenvalue weighted by atomic mass is 19.1. The largest absolute Gasteiger partial charge is 0.486 e. The molecule has 0 saturated carbocycles. The second-order valence-corrected chi connectivity index (χ2v) is 9.71. The molecule has 2 heterocycles. The van der Waals surface area contributed by atoms with Crippen LogP contribution in [0.4, 0.5) is 4.39 Å². The van der Waals surface area contributed by atoms with Crippen molar-refractivity contribution >= 4 is 16.8 Å². The lowest BCUT2D eigenvalue weighted by Crippen LogP contribution is -2.60. The molecule has 2 aromatic carbocycles. The minimum absolute atomic E-state index is 0.0940. The van der Waals surface area contributed by atoms with Crippen LogP contribution in [0.2, 0.25) is 0 Å². The molecule has 1 aliphatic heterocycles. The summed E-state index contributed by atoms with van der Waals surface area (Å²) in [5.41, 5.74) is 1.19. The summed E-state index contributed by atoms with van der Waals surface area (Å²) in [5, 5.41) is 12.4. The molecule has 0 aliphatic carbocycles. The quantitative estimate of drug-likeness (QED) is 0.556. The van der Waals surface area contributed by atoms with Crippen molar-refractivity contribution in [1.82, 2.24) is 9.47 Å². The van der Waals surface area contributed by atoms with Gasteiger partial charge in [0.2, 0.25) is 0 Å². The maximum Gasteiger partial charge on any atom is 0.260 e. The monoisotopic (exact) mass is 468 g/mol. The van der Waals surface area contributed by atoms with E-state index in [9.17, 15) is 14.3 Å². The van der Waals surface area contributed by atoms with Crippen LogP contribution in [-0.2, 0) is 11.8 Å². The summed E-state index contributed by atoms with van der Waals surface area (Å²) >= 11 is 0. The number of fused-ring (bicyclic) bond motifs is 1. The molecule has 4 rings (SSSR count). The van der Waals surface area contributed by atoms with Crippen LogP contribution in [0.25, 0.3) is 10.9 Å². The molecule has 1 aliphatic rings. The van der Waals surface area contributed by atoms with Crippen molar-refractivity contribution in [3.05, 3.63) is 60.0 Å². The molecule has 1 amide bonds. The first-order valence-corrected chi connectivity index (χ1v) is 11.8. The maximum absolute atomic E-state index is 13.3. The molecule has 0 radical (unpaired) electrons. The van der Waals surface area contributed by atoms with E-state index in [2.05, 4.69) is 10.6 Å². The molecule has 182 valence electrons. The highest BCUT2D eigenvalue weighted by Gasteiger charge is 2.44. The van der Waals surface area contributed by atoms with Crippen LogP contribution in [0.5, 0.6) is 11.5 Å².